The summed E-state index contributed by atoms with van der Waals surface area (Å²) in [7, 11) is 0. The molecule has 3 heteroatoms. The maximum Gasteiger partial charge on any atom is -1.00 e. The minimum Gasteiger partial charge on any atom is -1.00 e. The minimum atomic E-state index is -0.533. The van der Waals surface area contributed by atoms with E-state index in [0.717, 1.165) is 0 Å². The minimum absolute atomic E-state index is 0. The van der Waals surface area contributed by atoms with Crippen molar-refractivity contribution in [1.82, 2.24) is 0 Å². The van der Waals surface area contributed by atoms with E-state index < -0.39 is 23.2 Å². The average molecular weight is 362 g/mol. The molecule has 18 heavy (non-hydrogen) atoms. The Labute approximate surface area is 135 Å². The van der Waals surface area contributed by atoms with Crippen LogP contribution in [-0.4, -0.2) is 0 Å². The number of rotatable bonds is 2. The van der Waals surface area contributed by atoms with E-state index in [4.69, 9.17) is 0 Å². The van der Waals surface area contributed by atoms with Crippen molar-refractivity contribution in [2.75, 3.05) is 0 Å². The van der Waals surface area contributed by atoms with Crippen LogP contribution in [0.3, 0.4) is 0 Å². The van der Waals surface area contributed by atoms with Gasteiger partial charge in [-0.3, -0.25) is 0 Å². The first-order chi connectivity index (χ1) is 7.50. The second kappa shape index (κ2) is 7.27. The Balaban J connectivity index is 0.00000144. The number of allylic oxidation sites excluding steroid dienone is 8. The van der Waals surface area contributed by atoms with E-state index in [-0.39, 0.29) is 24.8 Å². The summed E-state index contributed by atoms with van der Waals surface area (Å²) in [6.45, 7) is 11.6. The molecule has 0 amide bonds. The molecule has 2 aliphatic carbocycles. The Kier molecular flexibility index (Phi) is 7.44. The topological polar surface area (TPSA) is 0 Å². The zero-order valence-corrected chi connectivity index (χ0v) is 15.7. The molecule has 0 atom stereocenters. The predicted octanol–water partition coefficient (Wildman–Crippen LogP) is -1.28. The van der Waals surface area contributed by atoms with Crippen molar-refractivity contribution < 1.29 is 48.0 Å². The van der Waals surface area contributed by atoms with Gasteiger partial charge in [-0.05, 0) is 0 Å². The first-order valence-corrected chi connectivity index (χ1v) is 8.47. The van der Waals surface area contributed by atoms with Crippen molar-refractivity contribution in [3.05, 3.63) is 40.5 Å². The monoisotopic (exact) mass is 360 g/mol. The molecule has 0 fully saturated rings. The Bertz CT molecular complexity index is 465. The number of hydrogen-bond donors (Lipinski definition) is 0. The summed E-state index contributed by atoms with van der Waals surface area (Å²) >= 11 is -0.533. The fraction of sp³-hybridized carbons (Fsp3) is 0.467. The molecule has 0 unspecified atom stereocenters. The Hall–Kier alpha value is 0.423. The van der Waals surface area contributed by atoms with Gasteiger partial charge in [0.2, 0.25) is 0 Å². The number of hydrogen-bond acceptors (Lipinski definition) is 0. The fourth-order valence-electron chi connectivity index (χ4n) is 2.53. The molecule has 0 heterocycles. The van der Waals surface area contributed by atoms with Gasteiger partial charge in [-0.2, -0.15) is 0 Å². The molecule has 0 radical (unpaired) electrons. The summed E-state index contributed by atoms with van der Waals surface area (Å²) in [4.78, 5) is 0. The largest absolute Gasteiger partial charge is 1.00 e. The maximum absolute atomic E-state index is 2.41. The SMILES string of the molecule is CC1=CCC(C)=[C]1[Zr+2][C]1=C(C)CC(C)=C1C.[Cl-].[Cl-]. The summed E-state index contributed by atoms with van der Waals surface area (Å²) in [5, 5.41) is 0. The van der Waals surface area contributed by atoms with Crippen LogP contribution in [0, 0.1) is 0 Å². The van der Waals surface area contributed by atoms with Crippen LogP contribution in [0.1, 0.15) is 47.5 Å². The van der Waals surface area contributed by atoms with E-state index in [2.05, 4.69) is 40.7 Å². The van der Waals surface area contributed by atoms with Crippen molar-refractivity contribution in [2.24, 2.45) is 0 Å². The average Bonchev–Trinajstić information content (AvgIpc) is 2.65. The molecule has 0 bridgehead atoms. The molecule has 0 saturated heterocycles. The molecular formula is C15H20Cl2Zr. The summed E-state index contributed by atoms with van der Waals surface area (Å²) < 4.78 is 3.53. The van der Waals surface area contributed by atoms with Gasteiger partial charge in [0.25, 0.3) is 0 Å². The van der Waals surface area contributed by atoms with Gasteiger partial charge in [0.05, 0.1) is 0 Å². The van der Waals surface area contributed by atoms with Gasteiger partial charge in [-0.15, -0.1) is 0 Å². The molecule has 0 aromatic rings. The smallest absolute Gasteiger partial charge is 1.00 e. The van der Waals surface area contributed by atoms with Crippen LogP contribution < -0.4 is 24.8 Å². The summed E-state index contributed by atoms with van der Waals surface area (Å²) in [5.41, 5.74) is 8.08. The molecule has 0 aromatic carbocycles. The van der Waals surface area contributed by atoms with Crippen molar-refractivity contribution >= 4 is 0 Å². The van der Waals surface area contributed by atoms with Gasteiger partial charge >= 0.3 is 111 Å². The molecule has 0 spiro atoms. The van der Waals surface area contributed by atoms with Crippen molar-refractivity contribution in [3.8, 4) is 0 Å². The van der Waals surface area contributed by atoms with Crippen LogP contribution in [-0.2, 0) is 23.2 Å². The molecular weight excluding hydrogens is 342 g/mol. The molecule has 2 rings (SSSR count). The molecule has 2 aliphatic rings. The second-order valence-corrected chi connectivity index (χ2v) is 8.18. The van der Waals surface area contributed by atoms with Crippen LogP contribution in [0.2, 0.25) is 0 Å². The molecule has 0 aromatic heterocycles. The van der Waals surface area contributed by atoms with E-state index in [9.17, 15) is 0 Å². The first-order valence-electron chi connectivity index (χ1n) is 6.01. The molecule has 98 valence electrons. The van der Waals surface area contributed by atoms with Crippen molar-refractivity contribution in [1.29, 1.82) is 0 Å². The molecule has 0 nitrogen and oxygen atoms in total. The molecule has 0 N–H and O–H groups in total. The van der Waals surface area contributed by atoms with Crippen LogP contribution in [0.15, 0.2) is 40.5 Å². The van der Waals surface area contributed by atoms with Gasteiger partial charge in [-0.25, -0.2) is 0 Å². The Morgan fingerprint density at radius 3 is 1.83 bits per heavy atom. The first kappa shape index (κ1) is 18.4. The summed E-state index contributed by atoms with van der Waals surface area (Å²) in [5.74, 6) is 0. The van der Waals surface area contributed by atoms with Crippen LogP contribution in [0.5, 0.6) is 0 Å². The Morgan fingerprint density at radius 1 is 0.833 bits per heavy atom. The maximum atomic E-state index is 2.41. The quantitative estimate of drug-likeness (QED) is 0.574. The third-order valence-electron chi connectivity index (χ3n) is 3.76. The van der Waals surface area contributed by atoms with Gasteiger partial charge < -0.3 is 24.8 Å². The predicted molar refractivity (Wildman–Crippen MR) is 66.8 cm³/mol. The van der Waals surface area contributed by atoms with E-state index in [1.165, 1.54) is 12.8 Å². The van der Waals surface area contributed by atoms with Gasteiger partial charge in [0, 0.05) is 0 Å². The standard InChI is InChI=1S/C8H11.C7H9.2ClH.Zr/c1-6-4-7(2)8(3)5-6;1-6-3-4-7(2)5-6;;;/h4H2,1-3H3;3H,4H2,1-2H3;2*1H;/q;;;;+2/p-2. The van der Waals surface area contributed by atoms with E-state index in [1.54, 1.807) is 34.4 Å². The van der Waals surface area contributed by atoms with Crippen LogP contribution in [0.4, 0.5) is 0 Å². The summed E-state index contributed by atoms with van der Waals surface area (Å²) in [6.07, 6.45) is 4.84. The van der Waals surface area contributed by atoms with E-state index >= 15 is 0 Å². The third-order valence-corrected chi connectivity index (χ3v) is 8.98. The van der Waals surface area contributed by atoms with Gasteiger partial charge in [0.15, 0.2) is 0 Å². The van der Waals surface area contributed by atoms with Gasteiger partial charge in [0.1, 0.15) is 0 Å². The van der Waals surface area contributed by atoms with Gasteiger partial charge in [-0.1, -0.05) is 0 Å². The number of halogens is 2. The Morgan fingerprint density at radius 2 is 1.44 bits per heavy atom. The van der Waals surface area contributed by atoms with E-state index in [1.807, 2.05) is 0 Å². The third kappa shape index (κ3) is 3.50. The normalized spacial score (nSPS) is 18.6. The van der Waals surface area contributed by atoms with Crippen molar-refractivity contribution in [2.45, 2.75) is 47.5 Å². The van der Waals surface area contributed by atoms with E-state index in [0.29, 0.717) is 0 Å². The fourth-order valence-corrected chi connectivity index (χ4v) is 6.38. The molecule has 0 aliphatic heterocycles. The van der Waals surface area contributed by atoms with Crippen LogP contribution in [0.25, 0.3) is 0 Å². The van der Waals surface area contributed by atoms with Crippen LogP contribution >= 0.6 is 0 Å². The van der Waals surface area contributed by atoms with Crippen molar-refractivity contribution in [3.63, 3.8) is 0 Å². The zero-order chi connectivity index (χ0) is 11.9. The molecule has 0 saturated carbocycles. The second-order valence-electron chi connectivity index (χ2n) is 5.11. The zero-order valence-electron chi connectivity index (χ0n) is 11.7. The summed E-state index contributed by atoms with van der Waals surface area (Å²) in [6, 6.07) is 0.